The molecule has 2 N–H and O–H groups in total. The molecule has 1 unspecified atom stereocenters. The first kappa shape index (κ1) is 13.6. The smallest absolute Gasteiger partial charge is 0.252 e. The summed E-state index contributed by atoms with van der Waals surface area (Å²) < 4.78 is 0. The number of amides is 1. The number of rotatable bonds is 5. The van der Waals surface area contributed by atoms with Crippen LogP contribution in [0.25, 0.3) is 0 Å². The van der Waals surface area contributed by atoms with Crippen LogP contribution in [-0.4, -0.2) is 36.5 Å². The second-order valence-corrected chi connectivity index (χ2v) is 5.16. The predicted molar refractivity (Wildman–Crippen MR) is 73.3 cm³/mol. The van der Waals surface area contributed by atoms with E-state index >= 15 is 0 Å². The lowest BCUT2D eigenvalue weighted by molar-refractivity contribution is -0.123. The third kappa shape index (κ3) is 3.33. The van der Waals surface area contributed by atoms with Crippen molar-refractivity contribution in [2.24, 2.45) is 5.92 Å². The topological polar surface area (TPSA) is 78.1 Å². The van der Waals surface area contributed by atoms with E-state index in [-0.39, 0.29) is 17.4 Å². The van der Waals surface area contributed by atoms with Gasteiger partial charge >= 0.3 is 0 Å². The van der Waals surface area contributed by atoms with Gasteiger partial charge in [-0.05, 0) is 12.8 Å². The lowest BCUT2D eigenvalue weighted by atomic mass is 10.1. The molecule has 1 heterocycles. The molecule has 1 aliphatic carbocycles. The lowest BCUT2D eigenvalue weighted by Gasteiger charge is -2.21. The molecule has 1 aliphatic rings. The van der Waals surface area contributed by atoms with Gasteiger partial charge in [0, 0.05) is 32.6 Å². The number of anilines is 1. The number of nitrogens with one attached hydrogen (secondary N) is 2. The predicted octanol–water partition coefficient (Wildman–Crippen LogP) is 0.466. The number of aromatic nitrogens is 2. The summed E-state index contributed by atoms with van der Waals surface area (Å²) in [5.41, 5.74) is -0.133. The maximum absolute atomic E-state index is 11.6. The van der Waals surface area contributed by atoms with Gasteiger partial charge in [-0.15, -0.1) is 0 Å². The summed E-state index contributed by atoms with van der Waals surface area (Å²) in [5, 5.41) is 2.62. The summed E-state index contributed by atoms with van der Waals surface area (Å²) in [7, 11) is 3.47. The van der Waals surface area contributed by atoms with E-state index in [0.717, 1.165) is 18.7 Å². The minimum atomic E-state index is -0.152. The van der Waals surface area contributed by atoms with Gasteiger partial charge in [-0.25, -0.2) is 4.98 Å². The molecule has 1 aromatic heterocycles. The third-order valence-corrected chi connectivity index (χ3v) is 3.34. The van der Waals surface area contributed by atoms with Crippen molar-refractivity contribution in [3.8, 4) is 0 Å². The first-order valence-electron chi connectivity index (χ1n) is 6.55. The van der Waals surface area contributed by atoms with Crippen LogP contribution in [0.15, 0.2) is 10.9 Å². The standard InChI is InChI=1S/C13H20N4O2/c1-8(13(19)14-2)7-17(3)10-6-11(18)16-12(15-10)9-4-5-9/h6,8-9H,4-5,7H2,1-3H3,(H,14,19)(H,15,16,18). The van der Waals surface area contributed by atoms with Gasteiger partial charge in [0.2, 0.25) is 5.91 Å². The van der Waals surface area contributed by atoms with Crippen molar-refractivity contribution in [3.05, 3.63) is 22.2 Å². The highest BCUT2D eigenvalue weighted by Gasteiger charge is 2.27. The zero-order chi connectivity index (χ0) is 14.0. The number of hydrogen-bond acceptors (Lipinski definition) is 4. The second kappa shape index (κ2) is 5.42. The van der Waals surface area contributed by atoms with Gasteiger partial charge in [0.25, 0.3) is 5.56 Å². The van der Waals surface area contributed by atoms with Crippen LogP contribution in [0.5, 0.6) is 0 Å². The van der Waals surface area contributed by atoms with Crippen molar-refractivity contribution in [2.45, 2.75) is 25.7 Å². The SMILES string of the molecule is CNC(=O)C(C)CN(C)c1cc(=O)[nH]c(C2CC2)n1. The zero-order valence-corrected chi connectivity index (χ0v) is 11.6. The number of hydrogen-bond donors (Lipinski definition) is 2. The van der Waals surface area contributed by atoms with E-state index in [1.165, 1.54) is 6.07 Å². The number of aromatic amines is 1. The van der Waals surface area contributed by atoms with Crippen LogP contribution in [-0.2, 0) is 4.79 Å². The quantitative estimate of drug-likeness (QED) is 0.810. The molecule has 0 bridgehead atoms. The zero-order valence-electron chi connectivity index (χ0n) is 11.6. The Labute approximate surface area is 112 Å². The van der Waals surface area contributed by atoms with E-state index in [1.807, 2.05) is 18.9 Å². The average Bonchev–Trinajstić information content (AvgIpc) is 3.21. The van der Waals surface area contributed by atoms with Crippen molar-refractivity contribution < 1.29 is 4.79 Å². The lowest BCUT2D eigenvalue weighted by Crippen LogP contribution is -2.35. The molecule has 6 heteroatoms. The summed E-state index contributed by atoms with van der Waals surface area (Å²) >= 11 is 0. The van der Waals surface area contributed by atoms with Gasteiger partial charge < -0.3 is 15.2 Å². The van der Waals surface area contributed by atoms with Crippen LogP contribution in [0.3, 0.4) is 0 Å². The molecular formula is C13H20N4O2. The Bertz CT molecular complexity index is 522. The highest BCUT2D eigenvalue weighted by molar-refractivity contribution is 5.78. The van der Waals surface area contributed by atoms with E-state index < -0.39 is 0 Å². The summed E-state index contributed by atoms with van der Waals surface area (Å²) in [6.07, 6.45) is 2.18. The summed E-state index contributed by atoms with van der Waals surface area (Å²) in [6, 6.07) is 1.47. The van der Waals surface area contributed by atoms with Crippen LogP contribution < -0.4 is 15.8 Å². The summed E-state index contributed by atoms with van der Waals surface area (Å²) in [5.74, 6) is 1.63. The molecule has 1 aromatic rings. The van der Waals surface area contributed by atoms with E-state index in [4.69, 9.17) is 0 Å². The highest BCUT2D eigenvalue weighted by Crippen LogP contribution is 2.37. The Morgan fingerprint density at radius 1 is 1.63 bits per heavy atom. The Morgan fingerprint density at radius 3 is 2.89 bits per heavy atom. The molecule has 2 rings (SSSR count). The van der Waals surface area contributed by atoms with Crippen LogP contribution in [0.2, 0.25) is 0 Å². The molecule has 6 nitrogen and oxygen atoms in total. The van der Waals surface area contributed by atoms with Gasteiger partial charge in [0.1, 0.15) is 11.6 Å². The van der Waals surface area contributed by atoms with Crippen molar-refractivity contribution in [1.82, 2.24) is 15.3 Å². The molecule has 1 saturated carbocycles. The van der Waals surface area contributed by atoms with Crippen molar-refractivity contribution >= 4 is 11.7 Å². The van der Waals surface area contributed by atoms with Gasteiger partial charge in [0.05, 0.1) is 5.92 Å². The van der Waals surface area contributed by atoms with E-state index in [0.29, 0.717) is 18.3 Å². The normalized spacial score (nSPS) is 15.9. The van der Waals surface area contributed by atoms with Crippen LogP contribution >= 0.6 is 0 Å². The van der Waals surface area contributed by atoms with Crippen molar-refractivity contribution in [3.63, 3.8) is 0 Å². The number of carbonyl (C=O) groups excluding carboxylic acids is 1. The maximum atomic E-state index is 11.6. The van der Waals surface area contributed by atoms with E-state index in [1.54, 1.807) is 7.05 Å². The first-order chi connectivity index (χ1) is 9.01. The van der Waals surface area contributed by atoms with Gasteiger partial charge in [-0.2, -0.15) is 0 Å². The molecule has 104 valence electrons. The van der Waals surface area contributed by atoms with Crippen molar-refractivity contribution in [1.29, 1.82) is 0 Å². The molecule has 0 spiro atoms. The minimum Gasteiger partial charge on any atom is -0.359 e. The fourth-order valence-electron chi connectivity index (χ4n) is 2.04. The first-order valence-corrected chi connectivity index (χ1v) is 6.55. The fourth-order valence-corrected chi connectivity index (χ4v) is 2.04. The largest absolute Gasteiger partial charge is 0.359 e. The Morgan fingerprint density at radius 2 is 2.32 bits per heavy atom. The number of H-pyrrole nitrogens is 1. The summed E-state index contributed by atoms with van der Waals surface area (Å²) in [4.78, 5) is 32.2. The summed E-state index contributed by atoms with van der Waals surface area (Å²) in [6.45, 7) is 2.38. The second-order valence-electron chi connectivity index (χ2n) is 5.16. The monoisotopic (exact) mass is 264 g/mol. The Hall–Kier alpha value is -1.85. The van der Waals surface area contributed by atoms with E-state index in [2.05, 4.69) is 15.3 Å². The Balaban J connectivity index is 2.12. The van der Waals surface area contributed by atoms with Crippen LogP contribution in [0.4, 0.5) is 5.82 Å². The Kier molecular flexibility index (Phi) is 3.87. The highest BCUT2D eigenvalue weighted by atomic mass is 16.1. The fraction of sp³-hybridized carbons (Fsp3) is 0.615. The molecule has 0 aliphatic heterocycles. The molecule has 1 fully saturated rings. The van der Waals surface area contributed by atoms with E-state index in [9.17, 15) is 9.59 Å². The maximum Gasteiger partial charge on any atom is 0.252 e. The molecule has 1 amide bonds. The molecule has 0 saturated heterocycles. The van der Waals surface area contributed by atoms with Crippen LogP contribution in [0.1, 0.15) is 31.5 Å². The molecule has 0 aromatic carbocycles. The third-order valence-electron chi connectivity index (χ3n) is 3.34. The average molecular weight is 264 g/mol. The van der Waals surface area contributed by atoms with Crippen LogP contribution in [0, 0.1) is 5.92 Å². The van der Waals surface area contributed by atoms with Crippen molar-refractivity contribution in [2.75, 3.05) is 25.5 Å². The number of nitrogens with zero attached hydrogens (tertiary/aromatic N) is 2. The molecule has 0 radical (unpaired) electrons. The molecule has 19 heavy (non-hydrogen) atoms. The minimum absolute atomic E-state index is 0.0147. The van der Waals surface area contributed by atoms with Gasteiger partial charge in [0.15, 0.2) is 0 Å². The van der Waals surface area contributed by atoms with Gasteiger partial charge in [-0.3, -0.25) is 9.59 Å². The number of carbonyl (C=O) groups is 1. The molecular weight excluding hydrogens is 244 g/mol. The van der Waals surface area contributed by atoms with Gasteiger partial charge in [-0.1, -0.05) is 6.92 Å². The molecule has 1 atom stereocenters.